The molecule has 3 heterocycles. The van der Waals surface area contributed by atoms with Gasteiger partial charge in [-0.2, -0.15) is 5.10 Å². The van der Waals surface area contributed by atoms with Crippen LogP contribution >= 0.6 is 0 Å². The molecule has 2 aromatic heterocycles. The Morgan fingerprint density at radius 3 is 2.65 bits per heavy atom. The maximum atomic E-state index is 12.9. The number of hydrogen-bond acceptors (Lipinski definition) is 5. The molecule has 4 rings (SSSR count). The first-order valence-corrected chi connectivity index (χ1v) is 10.6. The van der Waals surface area contributed by atoms with E-state index >= 15 is 0 Å². The predicted molar refractivity (Wildman–Crippen MR) is 116 cm³/mol. The molecule has 0 atom stereocenters. The van der Waals surface area contributed by atoms with Crippen LogP contribution in [0.3, 0.4) is 0 Å². The van der Waals surface area contributed by atoms with Gasteiger partial charge in [0.25, 0.3) is 11.8 Å². The van der Waals surface area contributed by atoms with Gasteiger partial charge in [-0.05, 0) is 31.7 Å². The first kappa shape index (κ1) is 20.7. The van der Waals surface area contributed by atoms with E-state index in [1.54, 1.807) is 18.6 Å². The van der Waals surface area contributed by atoms with Gasteiger partial charge in [0.05, 0.1) is 23.0 Å². The lowest BCUT2D eigenvalue weighted by atomic mass is 9.90. The topological polar surface area (TPSA) is 104 Å². The number of H-pyrrole nitrogens is 1. The SMILES string of the molecule is Cc1ncc(C(=O)NCCc2ccccc2)c(C2CCN(C(=O)c3cn[nH]c3)CC2)n1. The van der Waals surface area contributed by atoms with Crippen LogP contribution in [0.2, 0.25) is 0 Å². The Morgan fingerprint density at radius 1 is 1.16 bits per heavy atom. The van der Waals surface area contributed by atoms with E-state index in [0.717, 1.165) is 25.0 Å². The number of aromatic nitrogens is 4. The van der Waals surface area contributed by atoms with Crippen molar-refractivity contribution in [2.24, 2.45) is 0 Å². The number of nitrogens with zero attached hydrogens (tertiary/aromatic N) is 4. The van der Waals surface area contributed by atoms with Crippen molar-refractivity contribution < 1.29 is 9.59 Å². The molecule has 1 aliphatic rings. The summed E-state index contributed by atoms with van der Waals surface area (Å²) in [6.07, 6.45) is 7.05. The van der Waals surface area contributed by atoms with Gasteiger partial charge < -0.3 is 10.2 Å². The number of nitrogens with one attached hydrogen (secondary N) is 2. The molecule has 1 fully saturated rings. The van der Waals surface area contributed by atoms with Crippen molar-refractivity contribution >= 4 is 11.8 Å². The second-order valence-corrected chi connectivity index (χ2v) is 7.76. The Labute approximate surface area is 181 Å². The largest absolute Gasteiger partial charge is 0.352 e. The van der Waals surface area contributed by atoms with E-state index in [9.17, 15) is 9.59 Å². The van der Waals surface area contributed by atoms with Crippen LogP contribution < -0.4 is 5.32 Å². The summed E-state index contributed by atoms with van der Waals surface area (Å²) in [4.78, 5) is 36.1. The average molecular weight is 419 g/mol. The fourth-order valence-electron chi connectivity index (χ4n) is 3.94. The van der Waals surface area contributed by atoms with Gasteiger partial charge in [0.2, 0.25) is 0 Å². The second-order valence-electron chi connectivity index (χ2n) is 7.76. The molecule has 2 amide bonds. The highest BCUT2D eigenvalue weighted by atomic mass is 16.2. The normalized spacial score (nSPS) is 14.4. The summed E-state index contributed by atoms with van der Waals surface area (Å²) in [5.41, 5.74) is 3.05. The van der Waals surface area contributed by atoms with Crippen LogP contribution in [0.5, 0.6) is 0 Å². The number of aromatic amines is 1. The zero-order chi connectivity index (χ0) is 21.6. The molecule has 0 bridgehead atoms. The minimum Gasteiger partial charge on any atom is -0.352 e. The summed E-state index contributed by atoms with van der Waals surface area (Å²) in [7, 11) is 0. The molecular weight excluding hydrogens is 392 g/mol. The molecular formula is C23H26N6O2. The van der Waals surface area contributed by atoms with Crippen LogP contribution in [0.4, 0.5) is 0 Å². The maximum absolute atomic E-state index is 12.9. The second kappa shape index (κ2) is 9.51. The molecule has 2 N–H and O–H groups in total. The van der Waals surface area contributed by atoms with Crippen LogP contribution in [0.15, 0.2) is 48.9 Å². The third-order valence-electron chi connectivity index (χ3n) is 5.64. The highest BCUT2D eigenvalue weighted by molar-refractivity contribution is 5.95. The van der Waals surface area contributed by atoms with E-state index in [-0.39, 0.29) is 17.7 Å². The molecule has 8 nitrogen and oxygen atoms in total. The minimum absolute atomic E-state index is 0.0232. The Morgan fingerprint density at radius 2 is 1.94 bits per heavy atom. The van der Waals surface area contributed by atoms with Gasteiger partial charge in [-0.25, -0.2) is 9.97 Å². The third kappa shape index (κ3) is 4.96. The molecule has 1 saturated heterocycles. The van der Waals surface area contributed by atoms with Crippen LogP contribution in [0.1, 0.15) is 56.6 Å². The number of rotatable bonds is 6. The van der Waals surface area contributed by atoms with E-state index in [1.807, 2.05) is 42.2 Å². The molecule has 160 valence electrons. The predicted octanol–water partition coefficient (Wildman–Crippen LogP) is 2.50. The van der Waals surface area contributed by atoms with Gasteiger partial charge in [0.1, 0.15) is 5.82 Å². The number of hydrogen-bond donors (Lipinski definition) is 2. The van der Waals surface area contributed by atoms with E-state index in [4.69, 9.17) is 0 Å². The summed E-state index contributed by atoms with van der Waals surface area (Å²) in [6, 6.07) is 10.1. The van der Waals surface area contributed by atoms with Crippen molar-refractivity contribution in [1.82, 2.24) is 30.4 Å². The lowest BCUT2D eigenvalue weighted by Crippen LogP contribution is -2.38. The zero-order valence-corrected chi connectivity index (χ0v) is 17.5. The molecule has 0 spiro atoms. The lowest BCUT2D eigenvalue weighted by Gasteiger charge is -2.32. The molecule has 1 aromatic carbocycles. The first-order valence-electron chi connectivity index (χ1n) is 10.6. The average Bonchev–Trinajstić information content (AvgIpc) is 3.34. The highest BCUT2D eigenvalue weighted by Gasteiger charge is 2.28. The van der Waals surface area contributed by atoms with Crippen molar-refractivity contribution in [3.8, 4) is 0 Å². The first-order chi connectivity index (χ1) is 15.1. The number of likely N-dealkylation sites (tertiary alicyclic amines) is 1. The van der Waals surface area contributed by atoms with Gasteiger partial charge in [-0.1, -0.05) is 30.3 Å². The number of carbonyl (C=O) groups excluding carboxylic acids is 2. The standard InChI is InChI=1S/C23H26N6O2/c1-16-25-15-20(22(30)24-10-7-17-5-3-2-4-6-17)21(28-16)18-8-11-29(12-9-18)23(31)19-13-26-27-14-19/h2-6,13-15,18H,7-12H2,1H3,(H,24,30)(H,26,27). The summed E-state index contributed by atoms with van der Waals surface area (Å²) in [5.74, 6) is 0.588. The monoisotopic (exact) mass is 418 g/mol. The Kier molecular flexibility index (Phi) is 6.35. The van der Waals surface area contributed by atoms with Crippen molar-refractivity contribution in [1.29, 1.82) is 0 Å². The fourth-order valence-corrected chi connectivity index (χ4v) is 3.94. The minimum atomic E-state index is -0.150. The summed E-state index contributed by atoms with van der Waals surface area (Å²) < 4.78 is 0. The molecule has 0 aliphatic carbocycles. The molecule has 0 unspecified atom stereocenters. The molecule has 8 heteroatoms. The summed E-state index contributed by atoms with van der Waals surface area (Å²) in [6.45, 7) is 3.62. The fraction of sp³-hybridized carbons (Fsp3) is 0.348. The Balaban J connectivity index is 1.40. The maximum Gasteiger partial charge on any atom is 0.257 e. The molecule has 0 saturated carbocycles. The van der Waals surface area contributed by atoms with Gasteiger partial charge in [0, 0.05) is 37.9 Å². The van der Waals surface area contributed by atoms with Crippen molar-refractivity contribution in [3.63, 3.8) is 0 Å². The number of piperidine rings is 1. The van der Waals surface area contributed by atoms with Gasteiger partial charge >= 0.3 is 0 Å². The molecule has 31 heavy (non-hydrogen) atoms. The van der Waals surface area contributed by atoms with Crippen LogP contribution in [-0.4, -0.2) is 56.5 Å². The highest BCUT2D eigenvalue weighted by Crippen LogP contribution is 2.29. The smallest absolute Gasteiger partial charge is 0.257 e. The van der Waals surface area contributed by atoms with Crippen LogP contribution in [0.25, 0.3) is 0 Å². The van der Waals surface area contributed by atoms with E-state index in [1.165, 1.54) is 5.56 Å². The molecule has 0 radical (unpaired) electrons. The van der Waals surface area contributed by atoms with Crippen molar-refractivity contribution in [2.45, 2.75) is 32.1 Å². The van der Waals surface area contributed by atoms with E-state index < -0.39 is 0 Å². The van der Waals surface area contributed by atoms with E-state index in [0.29, 0.717) is 36.6 Å². The molecule has 1 aliphatic heterocycles. The Bertz CT molecular complexity index is 1030. The zero-order valence-electron chi connectivity index (χ0n) is 17.5. The van der Waals surface area contributed by atoms with Crippen LogP contribution in [-0.2, 0) is 6.42 Å². The molecule has 3 aromatic rings. The van der Waals surface area contributed by atoms with E-state index in [2.05, 4.69) is 25.5 Å². The van der Waals surface area contributed by atoms with Crippen molar-refractivity contribution in [2.75, 3.05) is 19.6 Å². The van der Waals surface area contributed by atoms with Crippen molar-refractivity contribution in [3.05, 3.63) is 77.1 Å². The van der Waals surface area contributed by atoms with Gasteiger partial charge in [-0.15, -0.1) is 0 Å². The number of aryl methyl sites for hydroxylation is 1. The third-order valence-corrected chi connectivity index (χ3v) is 5.64. The van der Waals surface area contributed by atoms with Gasteiger partial charge in [-0.3, -0.25) is 14.7 Å². The number of carbonyl (C=O) groups is 2. The van der Waals surface area contributed by atoms with Gasteiger partial charge in [0.15, 0.2) is 0 Å². The summed E-state index contributed by atoms with van der Waals surface area (Å²) in [5, 5.41) is 9.53. The van der Waals surface area contributed by atoms with Crippen LogP contribution in [0, 0.1) is 6.92 Å². The summed E-state index contributed by atoms with van der Waals surface area (Å²) >= 11 is 0. The number of benzene rings is 1. The number of amides is 2. The quantitative estimate of drug-likeness (QED) is 0.640. The Hall–Kier alpha value is -3.55. The lowest BCUT2D eigenvalue weighted by molar-refractivity contribution is 0.0710.